The summed E-state index contributed by atoms with van der Waals surface area (Å²) in [6.45, 7) is -14.5. The number of phosphoric ester groups is 2. The minimum atomic E-state index is -6.36. The Labute approximate surface area is 725 Å². The van der Waals surface area contributed by atoms with Gasteiger partial charge in [-0.15, -0.1) is 0 Å². The first-order valence-corrected chi connectivity index (χ1v) is 42.8. The van der Waals surface area contributed by atoms with Crippen LogP contribution in [0.1, 0.15) is 6.42 Å². The third-order valence-corrected chi connectivity index (χ3v) is 24.4. The molecule has 10 heterocycles. The summed E-state index contributed by atoms with van der Waals surface area (Å²) in [5.74, 6) is -8.99. The molecule has 0 amide bonds. The van der Waals surface area contributed by atoms with Crippen LogP contribution in [0.4, 0.5) is 0 Å². The maximum absolute atomic E-state index is 14.0. The second kappa shape index (κ2) is 45.3. The van der Waals surface area contributed by atoms with Gasteiger partial charge in [0.2, 0.25) is 5.79 Å². The first-order chi connectivity index (χ1) is 60.4. The molecule has 64 heteroatoms. The van der Waals surface area contributed by atoms with Gasteiger partial charge < -0.3 is 285 Å². The molecular formula is C65H115N3O59P2. The summed E-state index contributed by atoms with van der Waals surface area (Å²) in [7, 11) is -12.2. The predicted molar refractivity (Wildman–Crippen MR) is 387 cm³/mol. The highest BCUT2D eigenvalue weighted by atomic mass is 31.2. The van der Waals surface area contributed by atoms with Crippen LogP contribution in [-0.4, -0.2) is 575 Å². The number of ether oxygens (including phenoxy) is 19. The van der Waals surface area contributed by atoms with Gasteiger partial charge in [-0.2, -0.15) is 0 Å². The smallest absolute Gasteiger partial charge is 0.470 e. The van der Waals surface area contributed by atoms with E-state index < -0.39 is 419 Å². The van der Waals surface area contributed by atoms with Crippen molar-refractivity contribution in [2.45, 2.75) is 324 Å². The van der Waals surface area contributed by atoms with Crippen LogP contribution in [0.2, 0.25) is 0 Å². The summed E-state index contributed by atoms with van der Waals surface area (Å²) in [4.78, 5) is 55.5. The van der Waals surface area contributed by atoms with E-state index in [0.717, 1.165) is 0 Å². The highest BCUT2D eigenvalue weighted by molar-refractivity contribution is 7.46. The number of rotatable bonds is 38. The minimum absolute atomic E-state index is 0.942. The Morgan fingerprint density at radius 1 is 0.372 bits per heavy atom. The Morgan fingerprint density at radius 2 is 0.822 bits per heavy atom. The van der Waals surface area contributed by atoms with Crippen LogP contribution < -0.4 is 17.2 Å². The number of carboxylic acid groups (broad SMARTS) is 1. The van der Waals surface area contributed by atoms with E-state index in [-0.39, 0.29) is 0 Å². The maximum atomic E-state index is 14.0. The molecule has 129 heavy (non-hydrogen) atoms. The average molecular weight is 1940 g/mol. The van der Waals surface area contributed by atoms with Gasteiger partial charge in [0.1, 0.15) is 245 Å². The average Bonchev–Trinajstić information content (AvgIpc) is 1.21. The molecule has 0 aromatic rings. The SMILES string of the molecule is N[C@@H]1[C@@H](O)[C@H](O)[C@@H](CO[C@@H]2O[C@H](CO[C@]3(C(=O)O)C[C@@H](OP(=O)(O)O)[C@@H](O[C@H]4O[C@H]([C@H](CO)O[C@H]5O[C@H](CO)[C@@H](O)[C@H](O)[C@H]5O)[C@@H](O[C@@H]5O[C@H](CO[C@]6(CO)O[C@H](CO)[C@@H](O)[C@@H]6O)[C@@H](O)[C@H](O)[C@H]5O)[C@H](O[C@H]5O[C@H]([C@@H](O)CO)[C@@H](O)[C@H](O)[C@@H]5O[C@H]5O[C@H]([C@@H](O)CO[C@H]6O[C@H](CO)[C@@H](O)[C@H](O)[C@H]6N)[C@@H](O)[C@H](O)[C@@H]5O)[C@H]4O)[C@@H]([C@H](O)CO)O3)[C@@H](OP(=O)(O)O)[C@H](O)[C@H]2N)O[C@@H]1O. The molecule has 0 radical (unpaired) electrons. The molecule has 0 aromatic heterocycles. The van der Waals surface area contributed by atoms with Gasteiger partial charge >= 0.3 is 21.6 Å². The maximum Gasteiger partial charge on any atom is 0.470 e. The highest BCUT2D eigenvalue weighted by Crippen LogP contribution is 2.49. The molecule has 0 bridgehead atoms. The molecular weight excluding hydrogens is 1830 g/mol. The van der Waals surface area contributed by atoms with Gasteiger partial charge in [-0.25, -0.2) is 13.9 Å². The third kappa shape index (κ3) is 23.9. The lowest BCUT2D eigenvalue weighted by Gasteiger charge is -2.53. The van der Waals surface area contributed by atoms with Crippen molar-refractivity contribution in [3.63, 3.8) is 0 Å². The monoisotopic (exact) mass is 1940 g/mol. The van der Waals surface area contributed by atoms with Crippen molar-refractivity contribution in [2.75, 3.05) is 72.7 Å². The standard InChI is InChI=1S/C65H115N3O59P2/c66-24-32(84)29(81)21(111-55(24)98)9-108-57-26(68)34(86)48(127-129(104,105)106)23(116-57)11-109-64(63(99)100)1-16(126-128(101,102)103)49(47(125-64)14(77)3-70)119-61-44(96)51(121-62-52(40(92)39(91)45(118-62)13(76)2-69)122-60-43(95)37(89)38(90)46(117-60)15(78)8-107-56-25(67)33(85)27(79)17(4-71)112-56)53(50(120-61)20(7-74)114-58-41(93)35(87)28(80)18(5-72)113-58)123-59-42(94)36(88)30(82)22(115-59)10-110-65(12-75)54(97)31(83)19(6-73)124-65/h13-62,69-98H,1-12,66-68H2,(H,99,100)(H2,101,102,103)(H2,104,105,106)/t13-,14+,15-,16+,17+,18+,19+,20-,21+,22+,23+,24+,25+,26+,27+,28+,29+,30+,31+,32+,33+,34+,35-,36-,37-,38-,39-,40-,41+,42+,43-,44+,45+,46+,47+,48+,49+,50+,51+,52-,53+,54-,55-,56-,57+,58+,59-,60+,61-,62+,64+,65+/m0/s1. The molecule has 0 unspecified atom stereocenters. The first-order valence-electron chi connectivity index (χ1n) is 39.7. The second-order valence-electron chi connectivity index (χ2n) is 32.0. The molecule has 10 rings (SSSR count). The number of carboxylic acids is 1. The van der Waals surface area contributed by atoms with Crippen LogP contribution in [0.25, 0.3) is 0 Å². The largest absolute Gasteiger partial charge is 0.477 e. The van der Waals surface area contributed by atoms with Crippen LogP contribution in [0.5, 0.6) is 0 Å². The molecule has 0 aliphatic carbocycles. The van der Waals surface area contributed by atoms with Gasteiger partial charge in [0.25, 0.3) is 5.79 Å². The number of aliphatic hydroxyl groups excluding tert-OH is 30. The van der Waals surface area contributed by atoms with Gasteiger partial charge in [0, 0.05) is 6.42 Å². The summed E-state index contributed by atoms with van der Waals surface area (Å²) >= 11 is 0. The lowest BCUT2D eigenvalue weighted by molar-refractivity contribution is -0.419. The topological polar surface area (TPSA) is 1030 Å². The highest BCUT2D eigenvalue weighted by Gasteiger charge is 2.65. The van der Waals surface area contributed by atoms with E-state index in [0.29, 0.717) is 0 Å². The van der Waals surface area contributed by atoms with Crippen LogP contribution in [0, 0.1) is 0 Å². The Balaban J connectivity index is 1.08. The Hall–Kier alpha value is -2.39. The van der Waals surface area contributed by atoms with Crippen LogP contribution in [0.15, 0.2) is 0 Å². The lowest BCUT2D eigenvalue weighted by atomic mass is 9.90. The normalized spacial score (nSPS) is 49.1. The van der Waals surface area contributed by atoms with E-state index in [4.69, 9.17) is 116 Å². The molecule has 10 saturated heterocycles. The van der Waals surface area contributed by atoms with E-state index in [1.165, 1.54) is 0 Å². The van der Waals surface area contributed by atoms with Gasteiger partial charge in [0.15, 0.2) is 50.3 Å². The molecule has 0 spiro atoms. The number of nitrogens with two attached hydrogens (primary N) is 3. The molecule has 0 aromatic carbocycles. The number of aliphatic hydroxyl groups is 30. The van der Waals surface area contributed by atoms with Gasteiger partial charge in [-0.05, 0) is 0 Å². The molecule has 754 valence electrons. The summed E-state index contributed by atoms with van der Waals surface area (Å²) in [6.07, 6.45) is -117. The van der Waals surface area contributed by atoms with Crippen molar-refractivity contribution < 1.29 is 291 Å². The molecule has 52 atom stereocenters. The quantitative estimate of drug-likeness (QED) is 0.0255. The molecule has 10 aliphatic heterocycles. The van der Waals surface area contributed by atoms with Gasteiger partial charge in [0.05, 0.1) is 84.2 Å². The number of phosphoric acid groups is 2. The van der Waals surface area contributed by atoms with Gasteiger partial charge in [-0.1, -0.05) is 0 Å². The fourth-order valence-electron chi connectivity index (χ4n) is 15.9. The van der Waals surface area contributed by atoms with E-state index in [1.807, 2.05) is 0 Å². The van der Waals surface area contributed by atoms with E-state index in [9.17, 15) is 192 Å². The van der Waals surface area contributed by atoms with E-state index in [1.54, 1.807) is 0 Å². The lowest BCUT2D eigenvalue weighted by Crippen LogP contribution is -2.71. The fraction of sp³-hybridized carbons (Fsp3) is 0.985. The molecule has 0 saturated carbocycles. The van der Waals surface area contributed by atoms with Crippen molar-refractivity contribution in [1.29, 1.82) is 0 Å². The van der Waals surface area contributed by atoms with Gasteiger partial charge in [-0.3, -0.25) is 9.05 Å². The Bertz CT molecular complexity index is 3570. The number of carbonyl (C=O) groups is 1. The summed E-state index contributed by atoms with van der Waals surface area (Å²) in [5.41, 5.74) is 17.8. The third-order valence-electron chi connectivity index (χ3n) is 23.3. The molecule has 41 N–H and O–H groups in total. The fourth-order valence-corrected chi connectivity index (χ4v) is 17.1. The molecule has 10 aliphatic rings. The van der Waals surface area contributed by atoms with Crippen molar-refractivity contribution >= 4 is 21.6 Å². The zero-order valence-corrected chi connectivity index (χ0v) is 68.7. The number of hydrogen-bond acceptors (Lipinski definition) is 57. The van der Waals surface area contributed by atoms with E-state index >= 15 is 0 Å². The minimum Gasteiger partial charge on any atom is -0.477 e. The van der Waals surface area contributed by atoms with Crippen molar-refractivity contribution in [2.24, 2.45) is 17.2 Å². The Morgan fingerprint density at radius 3 is 1.40 bits per heavy atom. The van der Waals surface area contributed by atoms with Crippen molar-refractivity contribution in [3.8, 4) is 0 Å². The molecule has 10 fully saturated rings. The summed E-state index contributed by atoms with van der Waals surface area (Å²) in [5, 5.41) is 345. The summed E-state index contributed by atoms with van der Waals surface area (Å²) in [6, 6.07) is -5.24. The summed E-state index contributed by atoms with van der Waals surface area (Å²) < 4.78 is 146. The second-order valence-corrected chi connectivity index (χ2v) is 34.4. The van der Waals surface area contributed by atoms with E-state index in [2.05, 4.69) is 0 Å². The zero-order valence-electron chi connectivity index (χ0n) is 66.9. The number of hydrogen-bond donors (Lipinski definition) is 38. The number of aliphatic carboxylic acids is 1. The van der Waals surface area contributed by atoms with Crippen LogP contribution in [0.3, 0.4) is 0 Å². The van der Waals surface area contributed by atoms with Crippen LogP contribution in [-0.2, 0) is 113 Å². The van der Waals surface area contributed by atoms with Crippen molar-refractivity contribution in [3.05, 3.63) is 0 Å². The first kappa shape index (κ1) is 109. The van der Waals surface area contributed by atoms with Crippen molar-refractivity contribution in [1.82, 2.24) is 0 Å². The van der Waals surface area contributed by atoms with Crippen LogP contribution >= 0.6 is 15.6 Å². The Kier molecular flexibility index (Phi) is 38.1. The predicted octanol–water partition coefficient (Wildman–Crippen LogP) is -24.7. The molecule has 62 nitrogen and oxygen atoms in total. The zero-order chi connectivity index (χ0) is 95.8.